The molecule has 386 valence electrons. The Labute approximate surface area is 455 Å². The highest BCUT2D eigenvalue weighted by Gasteiger charge is 2.29. The molecule has 0 aromatic heterocycles. The Morgan fingerprint density at radius 1 is 0.500 bits per heavy atom. The molecular formula is C64H64N6O4S2. The lowest BCUT2D eigenvalue weighted by Crippen LogP contribution is -2.38. The number of thioether (sulfide) groups is 2. The van der Waals surface area contributed by atoms with E-state index in [1.54, 1.807) is 23.5 Å². The number of rotatable bonds is 21. The van der Waals surface area contributed by atoms with Crippen molar-refractivity contribution in [1.82, 2.24) is 0 Å². The van der Waals surface area contributed by atoms with Crippen molar-refractivity contribution >= 4 is 70.1 Å². The van der Waals surface area contributed by atoms with Crippen molar-refractivity contribution in [2.45, 2.75) is 47.0 Å². The summed E-state index contributed by atoms with van der Waals surface area (Å²) in [6.07, 6.45) is 3.84. The average Bonchev–Trinajstić information content (AvgIpc) is 3.48. The Kier molecular flexibility index (Phi) is 17.6. The van der Waals surface area contributed by atoms with E-state index in [1.807, 2.05) is 109 Å². The van der Waals surface area contributed by atoms with Gasteiger partial charge in [0.05, 0.1) is 61.4 Å². The Morgan fingerprint density at radius 3 is 1.25 bits per heavy atom. The normalized spacial score (nSPS) is 16.1. The van der Waals surface area contributed by atoms with Crippen LogP contribution in [0.3, 0.4) is 0 Å². The summed E-state index contributed by atoms with van der Waals surface area (Å²) in [6, 6.07) is 71.0. The minimum Gasteiger partial charge on any atom is -0.390 e. The molecular weight excluding hydrogens is 981 g/mol. The number of para-hydroxylation sites is 4. The van der Waals surface area contributed by atoms with Gasteiger partial charge >= 0.3 is 0 Å². The van der Waals surface area contributed by atoms with Crippen molar-refractivity contribution in [2.24, 2.45) is 10.2 Å². The van der Waals surface area contributed by atoms with Crippen LogP contribution in [0.2, 0.25) is 0 Å². The fourth-order valence-electron chi connectivity index (χ4n) is 9.57. The number of hydrazone groups is 2. The van der Waals surface area contributed by atoms with E-state index in [9.17, 15) is 10.2 Å². The van der Waals surface area contributed by atoms with Crippen LogP contribution in [0.5, 0.6) is 0 Å². The summed E-state index contributed by atoms with van der Waals surface area (Å²) in [5, 5.41) is 35.4. The van der Waals surface area contributed by atoms with E-state index in [4.69, 9.17) is 19.7 Å². The first-order valence-electron chi connectivity index (χ1n) is 25.9. The molecule has 2 aliphatic heterocycles. The zero-order valence-corrected chi connectivity index (χ0v) is 44.6. The van der Waals surface area contributed by atoms with Gasteiger partial charge in [-0.1, -0.05) is 109 Å². The number of aliphatic hydroxyl groups excluding tert-OH is 2. The van der Waals surface area contributed by atoms with E-state index in [-0.39, 0.29) is 25.4 Å². The molecule has 0 saturated carbocycles. The van der Waals surface area contributed by atoms with Gasteiger partial charge in [0.2, 0.25) is 0 Å². The highest BCUT2D eigenvalue weighted by molar-refractivity contribution is 7.99. The molecule has 2 aliphatic rings. The highest BCUT2D eigenvalue weighted by Crippen LogP contribution is 2.37. The lowest BCUT2D eigenvalue weighted by Gasteiger charge is -2.36. The van der Waals surface area contributed by atoms with Gasteiger partial charge in [-0.15, -0.1) is 23.5 Å². The van der Waals surface area contributed by atoms with Gasteiger partial charge in [0.25, 0.3) is 0 Å². The van der Waals surface area contributed by atoms with Gasteiger partial charge < -0.3 is 29.5 Å². The lowest BCUT2D eigenvalue weighted by molar-refractivity contribution is 0.00188. The Bertz CT molecular complexity index is 2940. The molecule has 8 aromatic rings. The predicted molar refractivity (Wildman–Crippen MR) is 317 cm³/mol. The fourth-order valence-corrected chi connectivity index (χ4v) is 11.2. The second-order valence-electron chi connectivity index (χ2n) is 19.2. The van der Waals surface area contributed by atoms with E-state index < -0.39 is 12.2 Å². The van der Waals surface area contributed by atoms with Crippen molar-refractivity contribution in [1.29, 1.82) is 0 Å². The molecule has 0 aliphatic carbocycles. The summed E-state index contributed by atoms with van der Waals surface area (Å²) in [6.45, 7) is 1.89. The summed E-state index contributed by atoms with van der Waals surface area (Å²) in [7, 11) is 3.90. The molecule has 10 nitrogen and oxygen atoms in total. The maximum absolute atomic E-state index is 11.1. The molecule has 0 bridgehead atoms. The summed E-state index contributed by atoms with van der Waals surface area (Å²) >= 11 is 3.26. The number of nitrogens with zero attached hydrogens (tertiary/aromatic N) is 6. The van der Waals surface area contributed by atoms with E-state index >= 15 is 0 Å². The van der Waals surface area contributed by atoms with Crippen LogP contribution in [0.4, 0.5) is 34.1 Å². The van der Waals surface area contributed by atoms with Crippen LogP contribution >= 0.6 is 23.5 Å². The topological polar surface area (TPSA) is 96.6 Å². The van der Waals surface area contributed by atoms with Crippen LogP contribution in [0, 0.1) is 0 Å². The monoisotopic (exact) mass is 1040 g/mol. The third kappa shape index (κ3) is 13.8. The highest BCUT2D eigenvalue weighted by atomic mass is 32.2. The van der Waals surface area contributed by atoms with E-state index in [1.165, 1.54) is 11.1 Å². The first-order chi connectivity index (χ1) is 37.3. The average molecular weight is 1050 g/mol. The Morgan fingerprint density at radius 2 is 0.868 bits per heavy atom. The molecule has 0 radical (unpaired) electrons. The van der Waals surface area contributed by atoms with Crippen LogP contribution in [0.1, 0.15) is 22.3 Å². The van der Waals surface area contributed by atoms with Crippen LogP contribution in [-0.2, 0) is 22.3 Å². The second kappa shape index (κ2) is 25.6. The maximum Gasteiger partial charge on any atom is 0.0867 e. The molecule has 2 N–H and O–H groups in total. The number of aliphatic hydroxyl groups is 2. The fraction of sp³-hybridized carbons (Fsp3) is 0.219. The molecule has 0 fully saturated rings. The van der Waals surface area contributed by atoms with Crippen molar-refractivity contribution in [3.05, 3.63) is 229 Å². The molecule has 12 heteroatoms. The minimum absolute atomic E-state index is 0.0945. The van der Waals surface area contributed by atoms with Crippen LogP contribution in [-0.4, -0.2) is 99.0 Å². The van der Waals surface area contributed by atoms with Gasteiger partial charge in [-0.05, 0) is 130 Å². The molecule has 2 heterocycles. The smallest absolute Gasteiger partial charge is 0.0867 e. The van der Waals surface area contributed by atoms with Gasteiger partial charge in [-0.25, -0.2) is 0 Å². The summed E-state index contributed by atoms with van der Waals surface area (Å²) in [5.74, 6) is 1.05. The predicted octanol–water partition coefficient (Wildman–Crippen LogP) is 12.8. The summed E-state index contributed by atoms with van der Waals surface area (Å²) < 4.78 is 12.9. The number of hydrogen-bond donors (Lipinski definition) is 2. The third-order valence-corrected chi connectivity index (χ3v) is 15.9. The van der Waals surface area contributed by atoms with Crippen molar-refractivity contribution in [3.63, 3.8) is 0 Å². The SMILES string of the molecule is CN(/N=C/c1ccc2c(c1)CC(OCC(O)CSc1ccc(-c3ccc(SCC(O)COC4Cc5cc(/C=N/N(C)c6ccccc6)ccc5N(c5ccccc5)C4)cc3)cc1)CN2c1ccccc1)c1ccccc1. The van der Waals surface area contributed by atoms with E-state index in [2.05, 4.69) is 143 Å². The largest absolute Gasteiger partial charge is 0.390 e. The first-order valence-corrected chi connectivity index (χ1v) is 27.9. The maximum atomic E-state index is 11.1. The Hall–Kier alpha value is -7.16. The van der Waals surface area contributed by atoms with Gasteiger partial charge in [-0.3, -0.25) is 10.0 Å². The number of benzene rings is 8. The molecule has 10 rings (SSSR count). The third-order valence-electron chi connectivity index (χ3n) is 13.6. The van der Waals surface area contributed by atoms with Crippen molar-refractivity contribution in [2.75, 3.05) is 71.7 Å². The summed E-state index contributed by atoms with van der Waals surface area (Å²) in [4.78, 5) is 6.81. The molecule has 4 atom stereocenters. The van der Waals surface area contributed by atoms with E-state index in [0.717, 1.165) is 79.0 Å². The molecule has 4 unspecified atom stereocenters. The number of ether oxygens (including phenoxy) is 2. The van der Waals surface area contributed by atoms with Gasteiger partial charge in [-0.2, -0.15) is 10.2 Å². The number of hydrogen-bond acceptors (Lipinski definition) is 12. The van der Waals surface area contributed by atoms with Gasteiger partial charge in [0, 0.05) is 84.1 Å². The van der Waals surface area contributed by atoms with Crippen molar-refractivity contribution < 1.29 is 19.7 Å². The lowest BCUT2D eigenvalue weighted by atomic mass is 9.97. The minimum atomic E-state index is -0.624. The molecule has 76 heavy (non-hydrogen) atoms. The van der Waals surface area contributed by atoms with Crippen LogP contribution < -0.4 is 19.8 Å². The molecule has 8 aromatic carbocycles. The quantitative estimate of drug-likeness (QED) is 0.0411. The zero-order valence-electron chi connectivity index (χ0n) is 43.0. The second-order valence-corrected chi connectivity index (χ2v) is 21.4. The van der Waals surface area contributed by atoms with Crippen molar-refractivity contribution in [3.8, 4) is 11.1 Å². The van der Waals surface area contributed by atoms with Gasteiger partial charge in [0.1, 0.15) is 0 Å². The van der Waals surface area contributed by atoms with Gasteiger partial charge in [0.15, 0.2) is 0 Å². The molecule has 0 spiro atoms. The zero-order chi connectivity index (χ0) is 52.1. The van der Waals surface area contributed by atoms with E-state index in [0.29, 0.717) is 24.6 Å². The van der Waals surface area contributed by atoms with Crippen LogP contribution in [0.25, 0.3) is 11.1 Å². The van der Waals surface area contributed by atoms with Crippen LogP contribution in [0.15, 0.2) is 226 Å². The summed E-state index contributed by atoms with van der Waals surface area (Å²) in [5.41, 5.74) is 13.2. The molecule has 0 saturated heterocycles. The first kappa shape index (κ1) is 52.3. The number of fused-ring (bicyclic) bond motifs is 2. The number of anilines is 6. The Balaban J connectivity index is 0.681. The molecule has 0 amide bonds. The standard InChI is InChI=1S/C64H64N6O4S2/c1-67(53-15-7-3-8-16-53)65-39-47-23-33-63-51(35-47)37-59(41-69(63)55-19-11-5-12-20-55)73-43-57(71)45-75-61-29-25-49(26-30-61)50-27-31-62(32-28-50)76-46-58(72)44-74-60-38-52-36-48(40-66-68(2)54-17-9-4-10-18-54)24-34-64(52)70(42-60)56-21-13-6-14-22-56/h3-36,39-40,57-60,71-72H,37-38,41-46H2,1-2H3/b65-39+,66-40+.